The molecule has 0 aliphatic carbocycles. The highest BCUT2D eigenvalue weighted by molar-refractivity contribution is 7.22. The van der Waals surface area contributed by atoms with Crippen molar-refractivity contribution >= 4 is 61.0 Å². The standard InChI is InChI=1S/C32H30ClF3N10O2S/c33-20-8-19-24(23(36)22(20)18-2-3-21(35)26-25(18)40-28(37)49-26)41-29(48-14-32-4-1-6-45(32)10-17(34)9-32)42-27(19)43-7-5-31(11-43)12-44(13-31)30(47)46-16-38-15-39-46/h2-3,8,15-17H,1,4-7,9-14H2,(H2,37,40)/t17-,32+/m1/s1. The number of amides is 1. The molecule has 7 heterocycles. The number of carbonyl (C=O) groups is 1. The van der Waals surface area contributed by atoms with Gasteiger partial charge < -0.3 is 20.3 Å². The highest BCUT2D eigenvalue weighted by Gasteiger charge is 2.51. The maximum absolute atomic E-state index is 16.9. The minimum absolute atomic E-state index is 0.0100. The summed E-state index contributed by atoms with van der Waals surface area (Å²) in [5, 5.41) is 4.55. The fraction of sp³-hybridized carbons (Fsp3) is 0.438. The summed E-state index contributed by atoms with van der Waals surface area (Å²) in [5.41, 5.74) is 5.74. The first-order chi connectivity index (χ1) is 23.6. The third-order valence-electron chi connectivity index (χ3n) is 10.5. The SMILES string of the molecule is Nc1nc2c(-c3c(Cl)cc4c(N5CCC6(CN(C(=O)n7cncn7)C6)C5)nc(OC[C@@]56CCCN5C[C@H](F)C6)nc4c3F)ccc(F)c2s1. The van der Waals surface area contributed by atoms with E-state index in [1.165, 1.54) is 29.5 Å². The van der Waals surface area contributed by atoms with E-state index in [0.717, 1.165) is 37.1 Å². The van der Waals surface area contributed by atoms with Gasteiger partial charge in [-0.2, -0.15) is 19.7 Å². The molecular weight excluding hydrogens is 681 g/mol. The molecule has 12 nitrogen and oxygen atoms in total. The van der Waals surface area contributed by atoms with Crippen LogP contribution in [0, 0.1) is 17.0 Å². The lowest BCUT2D eigenvalue weighted by Gasteiger charge is -2.47. The normalized spacial score (nSPS) is 23.2. The molecule has 0 bridgehead atoms. The van der Waals surface area contributed by atoms with Crippen LogP contribution in [-0.4, -0.2) is 103 Å². The number of likely N-dealkylation sites (tertiary alicyclic amines) is 1. The van der Waals surface area contributed by atoms with Crippen LogP contribution >= 0.6 is 22.9 Å². The summed E-state index contributed by atoms with van der Waals surface area (Å²) in [5.74, 6) is -0.806. The smallest absolute Gasteiger partial charge is 0.346 e. The zero-order valence-electron chi connectivity index (χ0n) is 26.1. The molecule has 2 atom stereocenters. The monoisotopic (exact) mass is 710 g/mol. The number of thiazole rings is 1. The largest absolute Gasteiger partial charge is 0.461 e. The minimum Gasteiger partial charge on any atom is -0.461 e. The van der Waals surface area contributed by atoms with E-state index in [2.05, 4.69) is 25.0 Å². The van der Waals surface area contributed by atoms with E-state index < -0.39 is 23.3 Å². The third kappa shape index (κ3) is 4.89. The molecule has 0 unspecified atom stereocenters. The number of alkyl halides is 1. The Kier molecular flexibility index (Phi) is 6.98. The van der Waals surface area contributed by atoms with E-state index in [-0.39, 0.29) is 61.1 Å². The van der Waals surface area contributed by atoms with Crippen LogP contribution < -0.4 is 15.4 Å². The van der Waals surface area contributed by atoms with Gasteiger partial charge in [-0.15, -0.1) is 0 Å². The Hall–Kier alpha value is -4.28. The Balaban J connectivity index is 1.10. The van der Waals surface area contributed by atoms with Crippen LogP contribution in [0.4, 0.5) is 28.9 Å². The second kappa shape index (κ2) is 11.1. The molecule has 5 aromatic rings. The number of nitrogens with two attached hydrogens (primary N) is 1. The number of hydrogen-bond acceptors (Lipinski definition) is 11. The van der Waals surface area contributed by atoms with Gasteiger partial charge in [0.15, 0.2) is 10.9 Å². The van der Waals surface area contributed by atoms with Crippen molar-refractivity contribution < 1.29 is 22.7 Å². The van der Waals surface area contributed by atoms with E-state index in [0.29, 0.717) is 50.3 Å². The summed E-state index contributed by atoms with van der Waals surface area (Å²) in [6, 6.07) is 4.01. The zero-order valence-corrected chi connectivity index (χ0v) is 27.7. The molecule has 2 aromatic carbocycles. The first-order valence-electron chi connectivity index (χ1n) is 16.1. The van der Waals surface area contributed by atoms with E-state index in [9.17, 15) is 13.6 Å². The van der Waals surface area contributed by atoms with Gasteiger partial charge in [-0.25, -0.2) is 27.9 Å². The van der Waals surface area contributed by atoms with Crippen molar-refractivity contribution in [1.82, 2.24) is 39.5 Å². The fourth-order valence-electron chi connectivity index (χ4n) is 8.28. The van der Waals surface area contributed by atoms with Gasteiger partial charge in [-0.3, -0.25) is 4.90 Å². The predicted molar refractivity (Wildman–Crippen MR) is 178 cm³/mol. The van der Waals surface area contributed by atoms with Crippen LogP contribution in [0.1, 0.15) is 25.7 Å². The number of halogens is 4. The molecule has 4 fully saturated rings. The molecule has 49 heavy (non-hydrogen) atoms. The Labute approximate surface area is 286 Å². The van der Waals surface area contributed by atoms with Crippen molar-refractivity contribution in [3.05, 3.63) is 47.5 Å². The van der Waals surface area contributed by atoms with Gasteiger partial charge in [0.1, 0.15) is 42.6 Å². The van der Waals surface area contributed by atoms with Crippen molar-refractivity contribution in [1.29, 1.82) is 0 Å². The molecule has 4 aliphatic heterocycles. The summed E-state index contributed by atoms with van der Waals surface area (Å²) in [4.78, 5) is 36.3. The number of benzene rings is 2. The van der Waals surface area contributed by atoms with Gasteiger partial charge in [0.05, 0.1) is 20.8 Å². The van der Waals surface area contributed by atoms with Crippen LogP contribution in [0.5, 0.6) is 6.01 Å². The molecular formula is C32H30ClF3N10O2S. The molecule has 17 heteroatoms. The first-order valence-corrected chi connectivity index (χ1v) is 17.3. The highest BCUT2D eigenvalue weighted by Crippen LogP contribution is 2.46. The Morgan fingerprint density at radius 2 is 1.98 bits per heavy atom. The van der Waals surface area contributed by atoms with Gasteiger partial charge in [0.25, 0.3) is 0 Å². The Morgan fingerprint density at radius 3 is 2.80 bits per heavy atom. The number of anilines is 2. The van der Waals surface area contributed by atoms with Crippen LogP contribution in [0.3, 0.4) is 0 Å². The van der Waals surface area contributed by atoms with Crippen LogP contribution in [0.2, 0.25) is 5.02 Å². The molecule has 3 aromatic heterocycles. The van der Waals surface area contributed by atoms with Crippen molar-refractivity contribution in [2.45, 2.75) is 37.4 Å². The van der Waals surface area contributed by atoms with Gasteiger partial charge in [-0.1, -0.05) is 22.9 Å². The summed E-state index contributed by atoms with van der Waals surface area (Å²) in [6.07, 6.45) is 4.62. The van der Waals surface area contributed by atoms with Gasteiger partial charge >= 0.3 is 12.0 Å². The predicted octanol–water partition coefficient (Wildman–Crippen LogP) is 5.15. The van der Waals surface area contributed by atoms with Gasteiger partial charge in [0.2, 0.25) is 0 Å². The minimum atomic E-state index is -0.939. The molecule has 4 aliphatic rings. The number of carbonyl (C=O) groups excluding carboxylic acids is 1. The van der Waals surface area contributed by atoms with Crippen molar-refractivity contribution in [3.63, 3.8) is 0 Å². The Bertz CT molecular complexity index is 2150. The van der Waals surface area contributed by atoms with Gasteiger partial charge in [-0.05, 0) is 44.0 Å². The number of aromatic nitrogens is 6. The van der Waals surface area contributed by atoms with E-state index in [4.69, 9.17) is 27.1 Å². The van der Waals surface area contributed by atoms with E-state index >= 15 is 4.39 Å². The summed E-state index contributed by atoms with van der Waals surface area (Å²) in [6.45, 7) is 3.52. The average molecular weight is 711 g/mol. The molecule has 2 N–H and O–H groups in total. The molecule has 9 rings (SSSR count). The molecule has 4 saturated heterocycles. The number of nitrogen functional groups attached to an aromatic ring is 1. The lowest BCUT2D eigenvalue weighted by Crippen LogP contribution is -2.60. The summed E-state index contributed by atoms with van der Waals surface area (Å²) in [7, 11) is 0. The first kappa shape index (κ1) is 30.8. The number of hydrogen-bond donors (Lipinski definition) is 1. The topological polar surface area (TPSA) is 131 Å². The van der Waals surface area contributed by atoms with Crippen LogP contribution in [-0.2, 0) is 0 Å². The highest BCUT2D eigenvalue weighted by atomic mass is 35.5. The molecule has 0 saturated carbocycles. The van der Waals surface area contributed by atoms with Crippen molar-refractivity contribution in [2.75, 3.05) is 56.5 Å². The van der Waals surface area contributed by atoms with E-state index in [1.807, 2.05) is 4.90 Å². The summed E-state index contributed by atoms with van der Waals surface area (Å²) >= 11 is 7.80. The second-order valence-electron chi connectivity index (χ2n) is 13.6. The average Bonchev–Trinajstić information content (AvgIpc) is 3.89. The molecule has 0 radical (unpaired) electrons. The third-order valence-corrected chi connectivity index (χ3v) is 11.7. The van der Waals surface area contributed by atoms with E-state index in [1.54, 1.807) is 11.0 Å². The molecule has 1 spiro atoms. The van der Waals surface area contributed by atoms with Crippen molar-refractivity contribution in [2.24, 2.45) is 5.41 Å². The maximum atomic E-state index is 16.9. The molecule has 254 valence electrons. The lowest BCUT2D eigenvalue weighted by molar-refractivity contribution is 0.0485. The van der Waals surface area contributed by atoms with Gasteiger partial charge in [0, 0.05) is 61.1 Å². The lowest BCUT2D eigenvalue weighted by atomic mass is 9.79. The number of ether oxygens (including phenoxy) is 1. The van der Waals surface area contributed by atoms with Crippen LogP contribution in [0.25, 0.3) is 32.2 Å². The Morgan fingerprint density at radius 1 is 1.12 bits per heavy atom. The number of fused-ring (bicyclic) bond motifs is 3. The maximum Gasteiger partial charge on any atom is 0.346 e. The van der Waals surface area contributed by atoms with Crippen molar-refractivity contribution in [3.8, 4) is 17.1 Å². The number of nitrogens with zero attached hydrogens (tertiary/aromatic N) is 9. The number of rotatable bonds is 5. The fourth-order valence-corrected chi connectivity index (χ4v) is 9.34. The quantitative estimate of drug-likeness (QED) is 0.261. The zero-order chi connectivity index (χ0) is 33.7. The second-order valence-corrected chi connectivity index (χ2v) is 15.1. The summed E-state index contributed by atoms with van der Waals surface area (Å²) < 4.78 is 53.8. The molecule has 1 amide bonds. The van der Waals surface area contributed by atoms with Crippen LogP contribution in [0.15, 0.2) is 30.9 Å².